The third-order valence-corrected chi connectivity index (χ3v) is 4.12. The molecule has 0 saturated carbocycles. The maximum absolute atomic E-state index is 11.5. The zero-order valence-electron chi connectivity index (χ0n) is 12.6. The molecule has 0 saturated heterocycles. The number of aliphatic hydroxyl groups is 1. The number of carboxylic acids is 1. The fourth-order valence-electron chi connectivity index (χ4n) is 2.04. The first-order chi connectivity index (χ1) is 10.2. The van der Waals surface area contributed by atoms with E-state index in [2.05, 4.69) is 15.5 Å². The van der Waals surface area contributed by atoms with Gasteiger partial charge in [0.2, 0.25) is 0 Å². The summed E-state index contributed by atoms with van der Waals surface area (Å²) in [4.78, 5) is 11.5. The standard InChI is InChI=1S/C14H23N3O3S/c1-3-10-11(4-2)16-17-13(12(10)14(19)20)15-6-9-21-8-5-7-18/h18H,3-9H2,1-2H3,(H,15,17)(H,19,20). The zero-order valence-corrected chi connectivity index (χ0v) is 13.4. The van der Waals surface area contributed by atoms with Crippen molar-refractivity contribution in [2.24, 2.45) is 0 Å². The Morgan fingerprint density at radius 1 is 1.24 bits per heavy atom. The minimum atomic E-state index is -0.966. The molecular formula is C14H23N3O3S. The second-order valence-electron chi connectivity index (χ2n) is 4.48. The maximum Gasteiger partial charge on any atom is 0.339 e. The van der Waals surface area contributed by atoms with E-state index in [4.69, 9.17) is 5.11 Å². The van der Waals surface area contributed by atoms with Crippen LogP contribution in [0.5, 0.6) is 0 Å². The molecule has 1 heterocycles. The highest BCUT2D eigenvalue weighted by atomic mass is 32.2. The number of nitrogens with one attached hydrogen (secondary N) is 1. The van der Waals surface area contributed by atoms with E-state index in [9.17, 15) is 9.90 Å². The van der Waals surface area contributed by atoms with E-state index in [1.807, 2.05) is 13.8 Å². The average Bonchev–Trinajstić information content (AvgIpc) is 2.49. The van der Waals surface area contributed by atoms with E-state index in [1.165, 1.54) is 0 Å². The Balaban J connectivity index is 2.75. The van der Waals surface area contributed by atoms with E-state index in [0.717, 1.165) is 29.2 Å². The fourth-order valence-corrected chi connectivity index (χ4v) is 2.82. The number of aryl methyl sites for hydroxylation is 1. The van der Waals surface area contributed by atoms with Gasteiger partial charge in [0.05, 0.1) is 5.69 Å². The van der Waals surface area contributed by atoms with Gasteiger partial charge in [-0.05, 0) is 30.6 Å². The highest BCUT2D eigenvalue weighted by Crippen LogP contribution is 2.21. The summed E-state index contributed by atoms with van der Waals surface area (Å²) in [5.74, 6) is 1.11. The van der Waals surface area contributed by atoms with Crippen molar-refractivity contribution >= 4 is 23.5 Å². The molecule has 1 rings (SSSR count). The Hall–Kier alpha value is -1.34. The predicted octanol–water partition coefficient (Wildman–Crippen LogP) is 1.83. The SMILES string of the molecule is CCc1nnc(NCCSCCCO)c(C(=O)O)c1CC. The van der Waals surface area contributed by atoms with Crippen molar-refractivity contribution in [2.75, 3.05) is 30.0 Å². The Kier molecular flexibility index (Phi) is 8.07. The molecule has 118 valence electrons. The van der Waals surface area contributed by atoms with Crippen LogP contribution in [0.1, 0.15) is 41.9 Å². The van der Waals surface area contributed by atoms with Gasteiger partial charge in [0.1, 0.15) is 5.56 Å². The molecule has 7 heteroatoms. The van der Waals surface area contributed by atoms with E-state index in [-0.39, 0.29) is 12.2 Å². The molecule has 0 amide bonds. The molecule has 0 aromatic carbocycles. The molecule has 6 nitrogen and oxygen atoms in total. The molecule has 0 aliphatic heterocycles. The number of aliphatic hydroxyl groups excluding tert-OH is 1. The van der Waals surface area contributed by atoms with Crippen molar-refractivity contribution in [3.8, 4) is 0 Å². The van der Waals surface area contributed by atoms with Gasteiger partial charge in [-0.15, -0.1) is 5.10 Å². The molecule has 0 aliphatic rings. The number of carboxylic acid groups (broad SMARTS) is 1. The van der Waals surface area contributed by atoms with Gasteiger partial charge < -0.3 is 15.5 Å². The summed E-state index contributed by atoms with van der Waals surface area (Å²) in [6.45, 7) is 4.70. The number of nitrogens with zero attached hydrogens (tertiary/aromatic N) is 2. The number of aromatic nitrogens is 2. The number of thioether (sulfide) groups is 1. The maximum atomic E-state index is 11.5. The topological polar surface area (TPSA) is 95.3 Å². The van der Waals surface area contributed by atoms with E-state index >= 15 is 0 Å². The van der Waals surface area contributed by atoms with Crippen LogP contribution in [0.4, 0.5) is 5.82 Å². The number of carbonyl (C=O) groups is 1. The van der Waals surface area contributed by atoms with Gasteiger partial charge in [0.25, 0.3) is 0 Å². The lowest BCUT2D eigenvalue weighted by Gasteiger charge is -2.13. The van der Waals surface area contributed by atoms with Crippen molar-refractivity contribution in [1.82, 2.24) is 10.2 Å². The van der Waals surface area contributed by atoms with Crippen LogP contribution in [-0.4, -0.2) is 51.0 Å². The van der Waals surface area contributed by atoms with Crippen LogP contribution in [0.3, 0.4) is 0 Å². The lowest BCUT2D eigenvalue weighted by Crippen LogP contribution is -2.16. The zero-order chi connectivity index (χ0) is 15.7. The smallest absolute Gasteiger partial charge is 0.339 e. The van der Waals surface area contributed by atoms with Gasteiger partial charge >= 0.3 is 5.97 Å². The summed E-state index contributed by atoms with van der Waals surface area (Å²) in [5, 5.41) is 29.3. The molecular weight excluding hydrogens is 290 g/mol. The summed E-state index contributed by atoms with van der Waals surface area (Å²) in [6, 6.07) is 0. The molecule has 21 heavy (non-hydrogen) atoms. The summed E-state index contributed by atoms with van der Waals surface area (Å²) in [6.07, 6.45) is 2.07. The Morgan fingerprint density at radius 3 is 2.57 bits per heavy atom. The third-order valence-electron chi connectivity index (χ3n) is 3.05. The van der Waals surface area contributed by atoms with Gasteiger partial charge in [0.15, 0.2) is 5.82 Å². The summed E-state index contributed by atoms with van der Waals surface area (Å²) in [5.41, 5.74) is 1.75. The lowest BCUT2D eigenvalue weighted by molar-refractivity contribution is 0.0696. The van der Waals surface area contributed by atoms with Crippen molar-refractivity contribution in [3.05, 3.63) is 16.8 Å². The number of rotatable bonds is 10. The van der Waals surface area contributed by atoms with E-state index in [1.54, 1.807) is 11.8 Å². The molecule has 0 spiro atoms. The Labute approximate surface area is 129 Å². The quantitative estimate of drug-likeness (QED) is 0.567. The van der Waals surface area contributed by atoms with Crippen LogP contribution in [-0.2, 0) is 12.8 Å². The van der Waals surface area contributed by atoms with E-state index in [0.29, 0.717) is 25.2 Å². The van der Waals surface area contributed by atoms with Crippen molar-refractivity contribution < 1.29 is 15.0 Å². The summed E-state index contributed by atoms with van der Waals surface area (Å²) in [7, 11) is 0. The van der Waals surface area contributed by atoms with Crippen LogP contribution < -0.4 is 5.32 Å². The molecule has 0 atom stereocenters. The number of aromatic carboxylic acids is 1. The molecule has 0 radical (unpaired) electrons. The highest BCUT2D eigenvalue weighted by molar-refractivity contribution is 7.99. The molecule has 1 aromatic heterocycles. The predicted molar refractivity (Wildman–Crippen MR) is 85.3 cm³/mol. The second kappa shape index (κ2) is 9.57. The van der Waals surface area contributed by atoms with Crippen LogP contribution in [0.25, 0.3) is 0 Å². The van der Waals surface area contributed by atoms with Gasteiger partial charge in [-0.2, -0.15) is 16.9 Å². The molecule has 0 fully saturated rings. The normalized spacial score (nSPS) is 10.6. The van der Waals surface area contributed by atoms with Gasteiger partial charge in [-0.3, -0.25) is 0 Å². The van der Waals surface area contributed by atoms with E-state index < -0.39 is 5.97 Å². The monoisotopic (exact) mass is 313 g/mol. The van der Waals surface area contributed by atoms with Gasteiger partial charge in [-0.25, -0.2) is 4.79 Å². The van der Waals surface area contributed by atoms with Crippen molar-refractivity contribution in [2.45, 2.75) is 33.1 Å². The summed E-state index contributed by atoms with van der Waals surface area (Å²) >= 11 is 1.71. The van der Waals surface area contributed by atoms with Crippen LogP contribution in [0, 0.1) is 0 Å². The minimum Gasteiger partial charge on any atom is -0.478 e. The highest BCUT2D eigenvalue weighted by Gasteiger charge is 2.19. The lowest BCUT2D eigenvalue weighted by atomic mass is 10.0. The molecule has 0 bridgehead atoms. The first-order valence-electron chi connectivity index (χ1n) is 7.19. The largest absolute Gasteiger partial charge is 0.478 e. The van der Waals surface area contributed by atoms with Crippen LogP contribution in [0.2, 0.25) is 0 Å². The Bertz CT molecular complexity index is 469. The second-order valence-corrected chi connectivity index (χ2v) is 5.70. The average molecular weight is 313 g/mol. The first-order valence-corrected chi connectivity index (χ1v) is 8.35. The molecule has 0 aliphatic carbocycles. The van der Waals surface area contributed by atoms with Crippen LogP contribution in [0.15, 0.2) is 0 Å². The first kappa shape index (κ1) is 17.7. The third kappa shape index (κ3) is 5.17. The molecule has 0 unspecified atom stereocenters. The number of hydrogen-bond donors (Lipinski definition) is 3. The van der Waals surface area contributed by atoms with Crippen LogP contribution >= 0.6 is 11.8 Å². The van der Waals surface area contributed by atoms with Gasteiger partial charge in [-0.1, -0.05) is 13.8 Å². The van der Waals surface area contributed by atoms with Crippen molar-refractivity contribution in [3.63, 3.8) is 0 Å². The number of anilines is 1. The fraction of sp³-hybridized carbons (Fsp3) is 0.643. The number of hydrogen-bond acceptors (Lipinski definition) is 6. The Morgan fingerprint density at radius 2 is 2.00 bits per heavy atom. The molecule has 3 N–H and O–H groups in total. The molecule has 1 aromatic rings. The minimum absolute atomic E-state index is 0.202. The van der Waals surface area contributed by atoms with Gasteiger partial charge in [0, 0.05) is 18.9 Å². The summed E-state index contributed by atoms with van der Waals surface area (Å²) < 4.78 is 0. The van der Waals surface area contributed by atoms with Crippen molar-refractivity contribution in [1.29, 1.82) is 0 Å².